The van der Waals surface area contributed by atoms with Gasteiger partial charge in [0.2, 0.25) is 20.0 Å². The lowest BCUT2D eigenvalue weighted by molar-refractivity contribution is -0.0587. The van der Waals surface area contributed by atoms with Gasteiger partial charge in [0.1, 0.15) is 11.5 Å². The van der Waals surface area contributed by atoms with Gasteiger partial charge in [-0.2, -0.15) is 0 Å². The lowest BCUT2D eigenvalue weighted by Crippen LogP contribution is -2.48. The number of methoxy groups -OCH3 is 2. The van der Waals surface area contributed by atoms with Gasteiger partial charge in [0.15, 0.2) is 11.4 Å². The number of hydrogen-bond donors (Lipinski definition) is 4. The Morgan fingerprint density at radius 1 is 0.533 bits per heavy atom. The average molecular weight is 1500 g/mol. The van der Waals surface area contributed by atoms with Crippen LogP contribution in [0.25, 0.3) is 67.6 Å². The molecule has 4 fully saturated rings. The van der Waals surface area contributed by atoms with Crippen molar-refractivity contribution in [1.29, 1.82) is 0 Å². The number of allylic oxidation sites excluding steroid dienone is 2. The summed E-state index contributed by atoms with van der Waals surface area (Å²) >= 11 is 0. The summed E-state index contributed by atoms with van der Waals surface area (Å²) < 4.78 is 86.3. The fourth-order valence-corrected chi connectivity index (χ4v) is 17.4. The second-order valence-electron chi connectivity index (χ2n) is 30.7. The number of aromatic carboxylic acids is 1. The second-order valence-corrected chi connectivity index (χ2v) is 35.2. The van der Waals surface area contributed by atoms with Crippen LogP contribution in [0, 0.1) is 0 Å². The number of rotatable bonds is 16. The van der Waals surface area contributed by atoms with Crippen LogP contribution in [0.3, 0.4) is 0 Å². The smallest absolute Gasteiger partial charge is 0.356 e. The Morgan fingerprint density at radius 3 is 1.31 bits per heavy atom. The minimum atomic E-state index is -3.84. The molecule has 4 aromatic heterocycles. The molecule has 23 nitrogen and oxygen atoms in total. The molecule has 14 rings (SSSR count). The van der Waals surface area contributed by atoms with Crippen molar-refractivity contribution in [3.8, 4) is 34.0 Å². The number of benzene rings is 4. The summed E-state index contributed by atoms with van der Waals surface area (Å²) in [6.45, 7) is 26.1. The van der Waals surface area contributed by atoms with Crippen molar-refractivity contribution in [2.45, 2.75) is 219 Å². The summed E-state index contributed by atoms with van der Waals surface area (Å²) in [7, 11) is -4.40. The first kappa shape index (κ1) is 77.7. The molecule has 0 unspecified atom stereocenters. The predicted molar refractivity (Wildman–Crippen MR) is 419 cm³/mol. The van der Waals surface area contributed by atoms with Gasteiger partial charge in [-0.15, -0.1) is 0 Å². The lowest BCUT2D eigenvalue weighted by atomic mass is 9.81. The molecule has 0 radical (unpaired) electrons. The van der Waals surface area contributed by atoms with E-state index >= 15 is 0 Å². The molecular weight excluding hydrogens is 1400 g/mol. The number of carboxylic acid groups (broad SMARTS) is 1. The number of fused-ring (bicyclic) bond motifs is 10. The normalized spacial score (nSPS) is 19.3. The molecule has 4 N–H and O–H groups in total. The Bertz CT molecular complexity index is 4990. The molecule has 572 valence electrons. The van der Waals surface area contributed by atoms with Gasteiger partial charge in [0.05, 0.1) is 97.7 Å². The van der Waals surface area contributed by atoms with E-state index in [1.54, 1.807) is 58.9 Å². The number of hydrogen-bond acceptors (Lipinski definition) is 15. The largest absolute Gasteiger partial charge is 0.497 e. The Morgan fingerprint density at radius 2 is 0.935 bits per heavy atom. The minimum absolute atomic E-state index is 0.00685. The highest BCUT2D eigenvalue weighted by Crippen LogP contribution is 2.51. The van der Waals surface area contributed by atoms with Gasteiger partial charge in [-0.05, 0) is 227 Å². The van der Waals surface area contributed by atoms with Crippen molar-refractivity contribution in [1.82, 2.24) is 47.9 Å². The SMILES string of the molecule is COc1ccc2c(c1)C=C(c1c(C(=O)N3C[C@@H](C)O[C@@H](C)C3)ncn1C(C)C)Cn1c-2c(C2CCCCC2)c2ccc(C(=O)NS(=O)(=O)C(C)C)cc21.COc1ccc2c(c1)C=C(c1c(C(=O)O)ncn1C(C)C)Cn1c-2c(C2CCCCC2)c2ccc(C(=O)NS(=O)(=O)C(C)C)cc21.C[C@@H]1CNC[C@H](C)O1. The van der Waals surface area contributed by atoms with Crippen LogP contribution < -0.4 is 24.2 Å². The topological polar surface area (TPSA) is 279 Å². The van der Waals surface area contributed by atoms with Gasteiger partial charge in [-0.25, -0.2) is 41.0 Å². The molecule has 107 heavy (non-hydrogen) atoms. The van der Waals surface area contributed by atoms with Crippen LogP contribution in [0.15, 0.2) is 85.5 Å². The van der Waals surface area contributed by atoms with Gasteiger partial charge in [-0.3, -0.25) is 14.4 Å². The highest BCUT2D eigenvalue weighted by molar-refractivity contribution is 7.90. The van der Waals surface area contributed by atoms with E-state index in [2.05, 4.69) is 73.3 Å². The van der Waals surface area contributed by atoms with Crippen LogP contribution in [0.1, 0.15) is 247 Å². The van der Waals surface area contributed by atoms with Crippen LogP contribution in [0.5, 0.6) is 11.5 Å². The molecule has 2 aliphatic carbocycles. The third-order valence-electron chi connectivity index (χ3n) is 21.6. The molecule has 4 aliphatic heterocycles. The van der Waals surface area contributed by atoms with E-state index < -0.39 is 48.3 Å². The van der Waals surface area contributed by atoms with E-state index in [1.165, 1.54) is 37.8 Å². The van der Waals surface area contributed by atoms with Crippen LogP contribution in [0.2, 0.25) is 0 Å². The number of imidazole rings is 2. The number of carboxylic acids is 1. The standard InChI is InChI=1S/C41H51N5O6S.C35H40N4O6S.C6H13NO/c1-24(2)46-23-42-37(41(48)44-20-26(5)52-27(6)21-44)38(46)31-17-30-18-32(51-7)14-16-33(30)39-36(28-11-9-8-10-12-28)34-15-13-29(19-35(34)45(39)22-31)40(47)43-53(49,50)25(3)4;1-20(2)39-19-36-31(35(41)42)32(39)25-15-24-16-26(45-5)12-14-27(24)33-30(22-9-7-6-8-10-22)28-13-11-23(17-29(28)38(33)18-25)34(40)37-46(43,44)21(3)4;1-5-3-7-4-6(2)8-5/h13-19,23-28H,8-12,20-22H2,1-7H3,(H,43,47);11-17,19-22H,6-10,18H2,1-5H3,(H,37,40)(H,41,42);5-7H,3-4H2,1-2H3/t26-,27+;;5-,6+. The van der Waals surface area contributed by atoms with Gasteiger partial charge in [0.25, 0.3) is 17.7 Å². The quantitative estimate of drug-likeness (QED) is 0.0699. The number of carbonyl (C=O) groups is 4. The molecule has 2 saturated heterocycles. The second kappa shape index (κ2) is 32.1. The molecule has 4 aromatic carbocycles. The lowest BCUT2D eigenvalue weighted by Gasteiger charge is -2.35. The van der Waals surface area contributed by atoms with E-state index in [-0.39, 0.29) is 47.0 Å². The zero-order valence-electron chi connectivity index (χ0n) is 64.1. The molecule has 2 saturated carbocycles. The fourth-order valence-electron chi connectivity index (χ4n) is 16.2. The molecule has 3 amide bonds. The molecule has 0 spiro atoms. The summed E-state index contributed by atoms with van der Waals surface area (Å²) in [5, 5.41) is 14.0. The third-order valence-corrected chi connectivity index (χ3v) is 25.0. The number of morpholine rings is 2. The molecule has 8 heterocycles. The van der Waals surface area contributed by atoms with E-state index in [0.29, 0.717) is 67.4 Å². The maximum absolute atomic E-state index is 14.4. The van der Waals surface area contributed by atoms with Crippen molar-refractivity contribution >= 4 is 88.8 Å². The van der Waals surface area contributed by atoms with E-state index in [4.69, 9.17) is 23.9 Å². The Labute approximate surface area is 628 Å². The fraction of sp³-hybridized carbons (Fsp3) is 0.488. The number of carbonyl (C=O) groups excluding carboxylic acids is 3. The zero-order chi connectivity index (χ0) is 76.7. The minimum Gasteiger partial charge on any atom is -0.497 e. The number of sulfonamides is 2. The molecule has 0 bridgehead atoms. The van der Waals surface area contributed by atoms with Gasteiger partial charge in [-0.1, -0.05) is 50.7 Å². The number of aromatic nitrogens is 6. The predicted octanol–water partition coefficient (Wildman–Crippen LogP) is 14.7. The maximum atomic E-state index is 14.4. The van der Waals surface area contributed by atoms with Gasteiger partial charge < -0.3 is 52.5 Å². The van der Waals surface area contributed by atoms with Gasteiger partial charge >= 0.3 is 5.97 Å². The van der Waals surface area contributed by atoms with E-state index in [0.717, 1.165) is 142 Å². The van der Waals surface area contributed by atoms with Crippen molar-refractivity contribution in [2.24, 2.45) is 0 Å². The van der Waals surface area contributed by atoms with Crippen LogP contribution >= 0.6 is 0 Å². The van der Waals surface area contributed by atoms with Crippen LogP contribution in [0.4, 0.5) is 0 Å². The number of nitrogens with zero attached hydrogens (tertiary/aromatic N) is 7. The summed E-state index contributed by atoms with van der Waals surface area (Å²) in [6.07, 6.45) is 19.2. The van der Waals surface area contributed by atoms with Crippen molar-refractivity contribution in [3.63, 3.8) is 0 Å². The van der Waals surface area contributed by atoms with Crippen LogP contribution in [-0.2, 0) is 42.6 Å². The molecule has 8 aromatic rings. The van der Waals surface area contributed by atoms with Crippen molar-refractivity contribution in [2.75, 3.05) is 40.4 Å². The van der Waals surface area contributed by atoms with Gasteiger partial charge in [0, 0.05) is 82.3 Å². The van der Waals surface area contributed by atoms with Crippen LogP contribution in [-0.4, -0.2) is 154 Å². The zero-order valence-corrected chi connectivity index (χ0v) is 65.8. The monoisotopic (exact) mass is 1500 g/mol. The number of amides is 3. The van der Waals surface area contributed by atoms with Crippen molar-refractivity contribution in [3.05, 3.63) is 142 Å². The summed E-state index contributed by atoms with van der Waals surface area (Å²) in [6, 6.07) is 23.0. The Kier molecular flexibility index (Phi) is 23.3. The number of ether oxygens (including phenoxy) is 4. The highest BCUT2D eigenvalue weighted by atomic mass is 32.2. The number of nitrogens with one attached hydrogen (secondary N) is 3. The summed E-state index contributed by atoms with van der Waals surface area (Å²) in [5.74, 6) is -0.600. The van der Waals surface area contributed by atoms with Crippen molar-refractivity contribution < 1.29 is 60.1 Å². The Balaban J connectivity index is 0.000000182. The molecular formula is C82H104N10O13S2. The average Bonchev–Trinajstić information content (AvgIpc) is 1.59. The molecule has 25 heteroatoms. The van der Waals surface area contributed by atoms with E-state index in [1.807, 2.05) is 91.8 Å². The molecule has 6 aliphatic rings. The molecule has 4 atom stereocenters. The first-order chi connectivity index (χ1) is 51.0. The maximum Gasteiger partial charge on any atom is 0.356 e. The Hall–Kier alpha value is -8.88. The van der Waals surface area contributed by atoms with E-state index in [9.17, 15) is 41.1 Å². The third kappa shape index (κ3) is 16.2. The highest BCUT2D eigenvalue weighted by Gasteiger charge is 2.37. The first-order valence-electron chi connectivity index (χ1n) is 37.9. The first-order valence-corrected chi connectivity index (χ1v) is 41.0. The summed E-state index contributed by atoms with van der Waals surface area (Å²) in [5.41, 5.74) is 13.8. The summed E-state index contributed by atoms with van der Waals surface area (Å²) in [4.78, 5) is 64.6.